The van der Waals surface area contributed by atoms with Gasteiger partial charge in [-0.1, -0.05) is 15.9 Å². The van der Waals surface area contributed by atoms with Crippen LogP contribution < -0.4 is 0 Å². The van der Waals surface area contributed by atoms with Gasteiger partial charge in [0.15, 0.2) is 23.1 Å². The van der Waals surface area contributed by atoms with Crippen LogP contribution in [0.15, 0.2) is 41.0 Å². The van der Waals surface area contributed by atoms with E-state index in [4.69, 9.17) is 0 Å². The normalized spacial score (nSPS) is 11.1. The van der Waals surface area contributed by atoms with Crippen molar-refractivity contribution >= 4 is 21.6 Å². The molecule has 0 fully saturated rings. The fourth-order valence-corrected chi connectivity index (χ4v) is 2.02. The second kappa shape index (κ2) is 4.13. The average Bonchev–Trinajstić information content (AvgIpc) is 2.75. The molecule has 6 heteroatoms. The van der Waals surface area contributed by atoms with E-state index in [-0.39, 0.29) is 0 Å². The molecule has 0 radical (unpaired) electrons. The molecule has 3 nitrogen and oxygen atoms in total. The largest absolute Gasteiger partial charge is 0.282 e. The first kappa shape index (κ1) is 11.3. The molecular weight excluding hydrogens is 304 g/mol. The summed E-state index contributed by atoms with van der Waals surface area (Å²) in [6.07, 6.45) is 1.76. The molecule has 0 spiro atoms. The number of hydrogen-bond acceptors (Lipinski definition) is 2. The molecule has 0 saturated carbocycles. The van der Waals surface area contributed by atoms with Crippen molar-refractivity contribution in [3.8, 4) is 11.4 Å². The van der Waals surface area contributed by atoms with Crippen molar-refractivity contribution in [2.45, 2.75) is 0 Å². The minimum absolute atomic E-state index is 0.469. The van der Waals surface area contributed by atoms with Gasteiger partial charge in [-0.15, -0.1) is 10.2 Å². The first-order valence-corrected chi connectivity index (χ1v) is 5.90. The molecule has 2 heterocycles. The maximum absolute atomic E-state index is 13.2. The van der Waals surface area contributed by atoms with Crippen LogP contribution in [-0.2, 0) is 0 Å². The smallest absolute Gasteiger partial charge is 0.168 e. The number of halogens is 3. The van der Waals surface area contributed by atoms with Crippen LogP contribution in [-0.4, -0.2) is 14.6 Å². The van der Waals surface area contributed by atoms with Crippen molar-refractivity contribution in [2.24, 2.45) is 0 Å². The SMILES string of the molecule is Fc1ccc(-c2nnc3cc(Br)ccn23)cc1F. The Kier molecular flexibility index (Phi) is 2.59. The van der Waals surface area contributed by atoms with Gasteiger partial charge in [0.1, 0.15) is 0 Å². The van der Waals surface area contributed by atoms with Crippen molar-refractivity contribution in [3.05, 3.63) is 52.6 Å². The third kappa shape index (κ3) is 1.78. The Bertz CT molecular complexity index is 739. The lowest BCUT2D eigenvalue weighted by atomic mass is 10.2. The highest BCUT2D eigenvalue weighted by Gasteiger charge is 2.10. The van der Waals surface area contributed by atoms with E-state index in [0.29, 0.717) is 17.0 Å². The first-order chi connectivity index (χ1) is 8.65. The third-order valence-electron chi connectivity index (χ3n) is 2.55. The molecule has 0 bridgehead atoms. The molecule has 3 aromatic rings. The molecule has 1 aromatic carbocycles. The van der Waals surface area contributed by atoms with E-state index < -0.39 is 11.6 Å². The van der Waals surface area contributed by atoms with Gasteiger partial charge >= 0.3 is 0 Å². The van der Waals surface area contributed by atoms with E-state index in [2.05, 4.69) is 26.1 Å². The van der Waals surface area contributed by atoms with E-state index in [9.17, 15) is 8.78 Å². The Balaban J connectivity index is 2.22. The predicted molar refractivity (Wildman–Crippen MR) is 66.0 cm³/mol. The molecule has 0 amide bonds. The number of rotatable bonds is 1. The van der Waals surface area contributed by atoms with Gasteiger partial charge in [0, 0.05) is 16.2 Å². The highest BCUT2D eigenvalue weighted by atomic mass is 79.9. The lowest BCUT2D eigenvalue weighted by molar-refractivity contribution is 0.509. The van der Waals surface area contributed by atoms with E-state index in [1.165, 1.54) is 6.07 Å². The minimum atomic E-state index is -0.902. The molecule has 0 saturated heterocycles. The first-order valence-electron chi connectivity index (χ1n) is 5.11. The van der Waals surface area contributed by atoms with Crippen LogP contribution in [0.25, 0.3) is 17.0 Å². The Morgan fingerprint density at radius 1 is 1.00 bits per heavy atom. The zero-order valence-corrected chi connectivity index (χ0v) is 10.5. The van der Waals surface area contributed by atoms with Gasteiger partial charge in [0.25, 0.3) is 0 Å². The van der Waals surface area contributed by atoms with E-state index in [1.54, 1.807) is 16.7 Å². The van der Waals surface area contributed by atoms with Crippen LogP contribution in [0.2, 0.25) is 0 Å². The van der Waals surface area contributed by atoms with Gasteiger partial charge in [0.2, 0.25) is 0 Å². The number of pyridine rings is 1. The monoisotopic (exact) mass is 309 g/mol. The fourth-order valence-electron chi connectivity index (χ4n) is 1.70. The topological polar surface area (TPSA) is 30.2 Å². The van der Waals surface area contributed by atoms with E-state index in [0.717, 1.165) is 16.6 Å². The van der Waals surface area contributed by atoms with Crippen LogP contribution >= 0.6 is 15.9 Å². The second-order valence-electron chi connectivity index (χ2n) is 3.73. The van der Waals surface area contributed by atoms with Gasteiger partial charge in [-0.2, -0.15) is 0 Å². The average molecular weight is 310 g/mol. The Morgan fingerprint density at radius 3 is 2.61 bits per heavy atom. The highest BCUT2D eigenvalue weighted by Crippen LogP contribution is 2.22. The van der Waals surface area contributed by atoms with Crippen molar-refractivity contribution in [2.75, 3.05) is 0 Å². The fraction of sp³-hybridized carbons (Fsp3) is 0. The molecule has 3 rings (SSSR count). The standard InChI is InChI=1S/C12H6BrF2N3/c13-8-3-4-18-11(6-8)16-17-12(18)7-1-2-9(14)10(15)5-7/h1-6H. The van der Waals surface area contributed by atoms with E-state index >= 15 is 0 Å². The van der Waals surface area contributed by atoms with Gasteiger partial charge in [-0.25, -0.2) is 8.78 Å². The summed E-state index contributed by atoms with van der Waals surface area (Å²) < 4.78 is 28.7. The summed E-state index contributed by atoms with van der Waals surface area (Å²) in [5.74, 6) is -1.31. The highest BCUT2D eigenvalue weighted by molar-refractivity contribution is 9.10. The Morgan fingerprint density at radius 2 is 1.83 bits per heavy atom. The third-order valence-corrected chi connectivity index (χ3v) is 3.04. The van der Waals surface area contributed by atoms with Gasteiger partial charge in [-0.05, 0) is 30.3 Å². The summed E-state index contributed by atoms with van der Waals surface area (Å²) in [5.41, 5.74) is 1.10. The van der Waals surface area contributed by atoms with Crippen molar-refractivity contribution < 1.29 is 8.78 Å². The minimum Gasteiger partial charge on any atom is -0.282 e. The lowest BCUT2D eigenvalue weighted by Gasteiger charge is -2.01. The van der Waals surface area contributed by atoms with Crippen molar-refractivity contribution in [1.82, 2.24) is 14.6 Å². The molecule has 0 atom stereocenters. The van der Waals surface area contributed by atoms with Gasteiger partial charge in [0.05, 0.1) is 0 Å². The summed E-state index contributed by atoms with van der Waals surface area (Å²) >= 11 is 3.33. The molecule has 2 aromatic heterocycles. The van der Waals surface area contributed by atoms with E-state index in [1.807, 2.05) is 6.07 Å². The lowest BCUT2D eigenvalue weighted by Crippen LogP contribution is -1.91. The summed E-state index contributed by atoms with van der Waals surface area (Å²) in [6.45, 7) is 0. The molecule has 0 aliphatic rings. The van der Waals surface area contributed by atoms with Crippen molar-refractivity contribution in [1.29, 1.82) is 0 Å². The number of benzene rings is 1. The molecular formula is C12H6BrF2N3. The summed E-state index contributed by atoms with van der Waals surface area (Å²) in [6, 6.07) is 7.26. The van der Waals surface area contributed by atoms with Crippen LogP contribution in [0.4, 0.5) is 8.78 Å². The van der Waals surface area contributed by atoms with Crippen LogP contribution in [0.5, 0.6) is 0 Å². The van der Waals surface area contributed by atoms with Crippen LogP contribution in [0.3, 0.4) is 0 Å². The number of nitrogens with zero attached hydrogens (tertiary/aromatic N) is 3. The number of aromatic nitrogens is 3. The molecule has 90 valence electrons. The second-order valence-corrected chi connectivity index (χ2v) is 4.64. The summed E-state index contributed by atoms with van der Waals surface area (Å²) in [7, 11) is 0. The quantitative estimate of drug-likeness (QED) is 0.689. The molecule has 18 heavy (non-hydrogen) atoms. The van der Waals surface area contributed by atoms with Crippen molar-refractivity contribution in [3.63, 3.8) is 0 Å². The predicted octanol–water partition coefficient (Wildman–Crippen LogP) is 3.44. The van der Waals surface area contributed by atoms with Crippen LogP contribution in [0, 0.1) is 11.6 Å². The summed E-state index contributed by atoms with van der Waals surface area (Å²) in [5, 5.41) is 7.96. The van der Waals surface area contributed by atoms with Gasteiger partial charge < -0.3 is 0 Å². The van der Waals surface area contributed by atoms with Gasteiger partial charge in [-0.3, -0.25) is 4.40 Å². The number of hydrogen-bond donors (Lipinski definition) is 0. The maximum Gasteiger partial charge on any atom is 0.168 e. The maximum atomic E-state index is 13.2. The summed E-state index contributed by atoms with van der Waals surface area (Å²) in [4.78, 5) is 0. The molecule has 0 aliphatic carbocycles. The Labute approximate surface area is 109 Å². The zero-order chi connectivity index (χ0) is 12.7. The molecule has 0 aliphatic heterocycles. The number of fused-ring (bicyclic) bond motifs is 1. The zero-order valence-electron chi connectivity index (χ0n) is 8.94. The Hall–Kier alpha value is -1.82. The van der Waals surface area contributed by atoms with Crippen LogP contribution in [0.1, 0.15) is 0 Å². The molecule has 0 unspecified atom stereocenters. The molecule has 0 N–H and O–H groups in total.